The van der Waals surface area contributed by atoms with Crippen molar-refractivity contribution < 1.29 is 14.3 Å². The first-order chi connectivity index (χ1) is 6.70. The zero-order chi connectivity index (χ0) is 10.1. The van der Waals surface area contributed by atoms with Gasteiger partial charge in [-0.05, 0) is 0 Å². The average Bonchev–Trinajstić information content (AvgIpc) is 2.47. The van der Waals surface area contributed by atoms with Gasteiger partial charge in [0.25, 0.3) is 5.91 Å². The fourth-order valence-corrected chi connectivity index (χ4v) is 1.93. The second kappa shape index (κ2) is 4.92. The van der Waals surface area contributed by atoms with Gasteiger partial charge in [0.05, 0.1) is 19.3 Å². The van der Waals surface area contributed by atoms with Crippen molar-refractivity contribution in [3.63, 3.8) is 0 Å². The molecule has 2 heterocycles. The molecule has 2 fully saturated rings. The molecule has 86 valence electrons. The molecule has 0 bridgehead atoms. The molecule has 2 rings (SSSR count). The zero-order valence-electron chi connectivity index (χ0n) is 8.64. The number of carbonyl (C=O) groups excluding carboxylic acids is 2. The Morgan fingerprint density at radius 2 is 1.87 bits per heavy atom. The molecule has 2 aliphatic rings. The first-order valence-corrected chi connectivity index (χ1v) is 4.81. The number of likely N-dealkylation sites (tertiary alicyclic amines) is 1. The summed E-state index contributed by atoms with van der Waals surface area (Å²) in [5.74, 6) is -0.629. The fraction of sp³-hybridized carbons (Fsp3) is 0.778. The van der Waals surface area contributed by atoms with Crippen molar-refractivity contribution in [2.24, 2.45) is 0 Å². The zero-order valence-corrected chi connectivity index (χ0v) is 9.46. The van der Waals surface area contributed by atoms with E-state index in [2.05, 4.69) is 0 Å². The monoisotopic (exact) mass is 234 g/mol. The molecular formula is C9H15ClN2O3. The molecule has 1 unspecified atom stereocenters. The third-order valence-corrected chi connectivity index (χ3v) is 2.79. The summed E-state index contributed by atoms with van der Waals surface area (Å²) in [4.78, 5) is 26.3. The standard InChI is InChI=1S/C9H14N2O3.ClH/c1-10-6-7(8(12)9(10)13)11-2-4-14-5-3-11;/h7H,2-6H2,1H3;1H. The number of Topliss-reactive ketones (excluding diaryl/α,β-unsaturated/α-hetero) is 1. The van der Waals surface area contributed by atoms with Crippen molar-refractivity contribution in [3.05, 3.63) is 0 Å². The molecule has 0 aliphatic carbocycles. The molecule has 5 nitrogen and oxygen atoms in total. The lowest BCUT2D eigenvalue weighted by atomic mass is 10.2. The molecule has 0 radical (unpaired) electrons. The lowest BCUT2D eigenvalue weighted by molar-refractivity contribution is -0.140. The summed E-state index contributed by atoms with van der Waals surface area (Å²) in [7, 11) is 1.67. The molecule has 1 amide bonds. The molecule has 0 aromatic carbocycles. The molecule has 0 spiro atoms. The first kappa shape index (κ1) is 12.4. The van der Waals surface area contributed by atoms with Crippen molar-refractivity contribution in [1.29, 1.82) is 0 Å². The highest BCUT2D eigenvalue weighted by atomic mass is 35.5. The third-order valence-electron chi connectivity index (χ3n) is 2.79. The van der Waals surface area contributed by atoms with Crippen LogP contribution < -0.4 is 0 Å². The molecule has 1 atom stereocenters. The molecule has 0 saturated carbocycles. The fourth-order valence-electron chi connectivity index (χ4n) is 1.93. The number of ether oxygens (including phenoxy) is 1. The van der Waals surface area contributed by atoms with Crippen LogP contribution in [0.15, 0.2) is 0 Å². The SMILES string of the molecule is CN1CC(N2CCOCC2)C(=O)C1=O.Cl. The molecular weight excluding hydrogens is 220 g/mol. The van der Waals surface area contributed by atoms with Crippen LogP contribution in [0.5, 0.6) is 0 Å². The minimum absolute atomic E-state index is 0. The van der Waals surface area contributed by atoms with E-state index in [4.69, 9.17) is 4.74 Å². The topological polar surface area (TPSA) is 49.9 Å². The van der Waals surface area contributed by atoms with Crippen molar-refractivity contribution in [1.82, 2.24) is 9.80 Å². The number of rotatable bonds is 1. The predicted octanol–water partition coefficient (Wildman–Crippen LogP) is -0.850. The lowest BCUT2D eigenvalue weighted by Gasteiger charge is -2.30. The van der Waals surface area contributed by atoms with E-state index in [1.54, 1.807) is 7.05 Å². The minimum atomic E-state index is -0.360. The van der Waals surface area contributed by atoms with Gasteiger partial charge in [-0.1, -0.05) is 0 Å². The number of ketones is 1. The summed E-state index contributed by atoms with van der Waals surface area (Å²) in [5, 5.41) is 0. The van der Waals surface area contributed by atoms with Gasteiger partial charge in [0, 0.05) is 26.7 Å². The van der Waals surface area contributed by atoms with Crippen molar-refractivity contribution in [2.45, 2.75) is 6.04 Å². The van der Waals surface area contributed by atoms with Crippen LogP contribution in [-0.2, 0) is 14.3 Å². The van der Waals surface area contributed by atoms with E-state index in [9.17, 15) is 9.59 Å². The van der Waals surface area contributed by atoms with Gasteiger partial charge < -0.3 is 9.64 Å². The second-order valence-electron chi connectivity index (χ2n) is 3.71. The Labute approximate surface area is 94.8 Å². The van der Waals surface area contributed by atoms with E-state index in [1.807, 2.05) is 4.90 Å². The lowest BCUT2D eigenvalue weighted by Crippen LogP contribution is -2.47. The van der Waals surface area contributed by atoms with Crippen molar-refractivity contribution in [2.75, 3.05) is 39.9 Å². The first-order valence-electron chi connectivity index (χ1n) is 4.81. The minimum Gasteiger partial charge on any atom is -0.379 e. The largest absolute Gasteiger partial charge is 0.379 e. The second-order valence-corrected chi connectivity index (χ2v) is 3.71. The summed E-state index contributed by atoms with van der Waals surface area (Å²) in [5.41, 5.74) is 0. The number of hydrogen-bond donors (Lipinski definition) is 0. The Bertz CT molecular complexity index is 266. The van der Waals surface area contributed by atoms with Crippen molar-refractivity contribution in [3.8, 4) is 0 Å². The highest BCUT2D eigenvalue weighted by Gasteiger charge is 2.40. The van der Waals surface area contributed by atoms with Gasteiger partial charge in [-0.3, -0.25) is 14.5 Å². The number of halogens is 1. The van der Waals surface area contributed by atoms with Crippen LogP contribution in [0.1, 0.15) is 0 Å². The summed E-state index contributed by atoms with van der Waals surface area (Å²) in [6.45, 7) is 3.33. The van der Waals surface area contributed by atoms with E-state index in [1.165, 1.54) is 4.90 Å². The number of carbonyl (C=O) groups is 2. The number of nitrogens with zero attached hydrogens (tertiary/aromatic N) is 2. The van der Waals surface area contributed by atoms with Gasteiger partial charge in [0.2, 0.25) is 5.78 Å². The maximum absolute atomic E-state index is 11.5. The summed E-state index contributed by atoms with van der Waals surface area (Å²) >= 11 is 0. The molecule has 0 N–H and O–H groups in total. The van der Waals surface area contributed by atoms with Gasteiger partial charge in [0.1, 0.15) is 0 Å². The Hall–Kier alpha value is -0.650. The summed E-state index contributed by atoms with van der Waals surface area (Å²) in [6, 6.07) is -0.239. The molecule has 2 saturated heterocycles. The normalized spacial score (nSPS) is 28.1. The van der Waals surface area contributed by atoms with E-state index in [0.29, 0.717) is 19.8 Å². The van der Waals surface area contributed by atoms with Crippen LogP contribution in [0.3, 0.4) is 0 Å². The van der Waals surface area contributed by atoms with E-state index < -0.39 is 0 Å². The molecule has 6 heteroatoms. The molecule has 15 heavy (non-hydrogen) atoms. The Morgan fingerprint density at radius 1 is 1.27 bits per heavy atom. The Kier molecular flexibility index (Phi) is 4.07. The summed E-state index contributed by atoms with van der Waals surface area (Å²) < 4.78 is 5.20. The smallest absolute Gasteiger partial charge is 0.291 e. The van der Waals surface area contributed by atoms with Crippen LogP contribution in [-0.4, -0.2) is 67.4 Å². The number of likely N-dealkylation sites (N-methyl/N-ethyl adjacent to an activating group) is 1. The third kappa shape index (κ3) is 2.30. The van der Waals surface area contributed by atoms with Crippen LogP contribution in [0.25, 0.3) is 0 Å². The average molecular weight is 235 g/mol. The van der Waals surface area contributed by atoms with Crippen LogP contribution in [0.4, 0.5) is 0 Å². The number of amides is 1. The van der Waals surface area contributed by atoms with Crippen LogP contribution >= 0.6 is 12.4 Å². The predicted molar refractivity (Wildman–Crippen MR) is 56.1 cm³/mol. The molecule has 2 aliphatic heterocycles. The maximum Gasteiger partial charge on any atom is 0.291 e. The number of morpholine rings is 1. The highest BCUT2D eigenvalue weighted by Crippen LogP contribution is 2.13. The van der Waals surface area contributed by atoms with Gasteiger partial charge in [0.15, 0.2) is 0 Å². The molecule has 0 aromatic heterocycles. The maximum atomic E-state index is 11.5. The summed E-state index contributed by atoms with van der Waals surface area (Å²) in [6.07, 6.45) is 0. The van der Waals surface area contributed by atoms with Gasteiger partial charge in [-0.2, -0.15) is 0 Å². The van der Waals surface area contributed by atoms with Gasteiger partial charge in [-0.15, -0.1) is 12.4 Å². The van der Waals surface area contributed by atoms with E-state index in [-0.39, 0.29) is 30.1 Å². The molecule has 0 aromatic rings. The number of hydrogen-bond acceptors (Lipinski definition) is 4. The highest BCUT2D eigenvalue weighted by molar-refractivity contribution is 6.40. The van der Waals surface area contributed by atoms with Crippen molar-refractivity contribution >= 4 is 24.1 Å². The van der Waals surface area contributed by atoms with Crippen LogP contribution in [0, 0.1) is 0 Å². The Morgan fingerprint density at radius 3 is 2.33 bits per heavy atom. The van der Waals surface area contributed by atoms with E-state index >= 15 is 0 Å². The van der Waals surface area contributed by atoms with E-state index in [0.717, 1.165) is 13.1 Å². The quantitative estimate of drug-likeness (QED) is 0.555. The van der Waals surface area contributed by atoms with Crippen LogP contribution in [0.2, 0.25) is 0 Å². The Balaban J connectivity index is 0.00000112. The van der Waals surface area contributed by atoms with Gasteiger partial charge in [-0.25, -0.2) is 0 Å². The van der Waals surface area contributed by atoms with Gasteiger partial charge >= 0.3 is 0 Å².